The van der Waals surface area contributed by atoms with Gasteiger partial charge in [-0.3, -0.25) is 6.08 Å². The molecule has 7 aromatic carbocycles. The van der Waals surface area contributed by atoms with Crippen molar-refractivity contribution in [2.24, 2.45) is 0 Å². The summed E-state index contributed by atoms with van der Waals surface area (Å²) >= 11 is 1.46. The Morgan fingerprint density at radius 1 is 0.591 bits per heavy atom. The zero-order valence-electron chi connectivity index (χ0n) is 24.8. The third-order valence-corrected chi connectivity index (χ3v) is 9.19. The van der Waals surface area contributed by atoms with Crippen molar-refractivity contribution in [2.45, 2.75) is 20.3 Å². The molecule has 0 atom stereocenters. The second kappa shape index (κ2) is 15.5. The molecular formula is C41H32Cl2Zr-2. The van der Waals surface area contributed by atoms with Crippen LogP contribution in [0.5, 0.6) is 0 Å². The van der Waals surface area contributed by atoms with Crippen LogP contribution in [0.1, 0.15) is 28.7 Å². The molecule has 0 spiro atoms. The van der Waals surface area contributed by atoms with E-state index in [9.17, 15) is 0 Å². The van der Waals surface area contributed by atoms with Gasteiger partial charge in [0.1, 0.15) is 0 Å². The Hall–Kier alpha value is -3.48. The first kappa shape index (κ1) is 33.4. The number of halogens is 2. The van der Waals surface area contributed by atoms with Crippen molar-refractivity contribution in [1.29, 1.82) is 0 Å². The molecular weight excluding hydrogens is 655 g/mol. The molecule has 0 nitrogen and oxygen atoms in total. The van der Waals surface area contributed by atoms with Gasteiger partial charge < -0.3 is 24.8 Å². The van der Waals surface area contributed by atoms with E-state index in [1.807, 2.05) is 12.2 Å². The van der Waals surface area contributed by atoms with Gasteiger partial charge in [-0.25, -0.2) is 12.2 Å². The van der Waals surface area contributed by atoms with Crippen molar-refractivity contribution < 1.29 is 49.0 Å². The minimum absolute atomic E-state index is 0. The normalized spacial score (nSPS) is 11.4. The molecule has 7 aromatic rings. The molecule has 0 saturated heterocycles. The molecule has 0 aliphatic heterocycles. The third-order valence-electron chi connectivity index (χ3n) is 7.77. The summed E-state index contributed by atoms with van der Waals surface area (Å²) in [5.41, 5.74) is 5.31. The first-order valence-electron chi connectivity index (χ1n) is 14.4. The Morgan fingerprint density at radius 2 is 1.07 bits per heavy atom. The molecule has 3 heteroatoms. The average molecular weight is 687 g/mol. The number of allylic oxidation sites excluding steroid dienone is 4. The maximum absolute atomic E-state index is 2.99. The van der Waals surface area contributed by atoms with E-state index < -0.39 is 0 Å². The second-order valence-corrected chi connectivity index (χ2v) is 12.0. The van der Waals surface area contributed by atoms with Crippen LogP contribution < -0.4 is 24.8 Å². The van der Waals surface area contributed by atoms with Gasteiger partial charge in [0.15, 0.2) is 0 Å². The van der Waals surface area contributed by atoms with Crippen LogP contribution in [0.2, 0.25) is 0 Å². The average Bonchev–Trinajstić information content (AvgIpc) is 3.75. The van der Waals surface area contributed by atoms with Crippen LogP contribution in [0, 0.1) is 19.9 Å². The van der Waals surface area contributed by atoms with E-state index in [-0.39, 0.29) is 24.8 Å². The summed E-state index contributed by atoms with van der Waals surface area (Å²) in [6, 6.07) is 46.0. The molecule has 1 aliphatic rings. The van der Waals surface area contributed by atoms with Crippen LogP contribution >= 0.6 is 0 Å². The van der Waals surface area contributed by atoms with Crippen molar-refractivity contribution in [2.75, 3.05) is 0 Å². The molecule has 216 valence electrons. The number of aryl methyl sites for hydroxylation is 2. The van der Waals surface area contributed by atoms with Gasteiger partial charge in [0.2, 0.25) is 0 Å². The van der Waals surface area contributed by atoms with E-state index in [1.165, 1.54) is 92.8 Å². The van der Waals surface area contributed by atoms with E-state index in [2.05, 4.69) is 153 Å². The van der Waals surface area contributed by atoms with E-state index in [4.69, 9.17) is 0 Å². The summed E-state index contributed by atoms with van der Waals surface area (Å²) in [5.74, 6) is 0. The molecule has 44 heavy (non-hydrogen) atoms. The number of fused-ring (bicyclic) bond motifs is 8. The largest absolute Gasteiger partial charge is 1.00 e. The molecule has 0 amide bonds. The Balaban J connectivity index is 0.000000171. The third kappa shape index (κ3) is 7.25. The molecule has 0 fully saturated rings. The van der Waals surface area contributed by atoms with Gasteiger partial charge in [0.05, 0.1) is 0 Å². The van der Waals surface area contributed by atoms with Crippen molar-refractivity contribution in [3.63, 3.8) is 0 Å². The quantitative estimate of drug-likeness (QED) is 0.182. The van der Waals surface area contributed by atoms with E-state index in [0.717, 1.165) is 6.42 Å². The smallest absolute Gasteiger partial charge is 0.0255 e. The second-order valence-electron chi connectivity index (χ2n) is 10.7. The molecule has 0 unspecified atom stereocenters. The SMILES string of the molecule is Cc1ccc([C](=[Zr+2])c2ccc(C)cc2)cc1.[C-]1=CC=CC1.[Cl-].[Cl-].c1ccc2c(c1)[cH-]c1c3ccccc3c3ccccc3c21. The van der Waals surface area contributed by atoms with Gasteiger partial charge >= 0.3 is 112 Å². The Kier molecular flexibility index (Phi) is 11.8. The van der Waals surface area contributed by atoms with Gasteiger partial charge in [-0.2, -0.15) is 6.08 Å². The summed E-state index contributed by atoms with van der Waals surface area (Å²) in [6.45, 7) is 4.25. The molecule has 0 radical (unpaired) electrons. The van der Waals surface area contributed by atoms with E-state index in [1.54, 1.807) is 0 Å². The summed E-state index contributed by atoms with van der Waals surface area (Å²) < 4.78 is 1.42. The van der Waals surface area contributed by atoms with Gasteiger partial charge in [-0.1, -0.05) is 77.5 Å². The summed E-state index contributed by atoms with van der Waals surface area (Å²) in [5, 5.41) is 10.8. The maximum Gasteiger partial charge on any atom is -0.0255 e. The molecule has 0 saturated carbocycles. The van der Waals surface area contributed by atoms with Gasteiger partial charge in [-0.05, 0) is 10.8 Å². The number of hydrogen-bond acceptors (Lipinski definition) is 0. The molecule has 8 rings (SSSR count). The summed E-state index contributed by atoms with van der Waals surface area (Å²) in [7, 11) is 0. The summed E-state index contributed by atoms with van der Waals surface area (Å²) in [4.78, 5) is 0. The Morgan fingerprint density at radius 3 is 1.57 bits per heavy atom. The zero-order chi connectivity index (χ0) is 28.9. The van der Waals surface area contributed by atoms with Crippen molar-refractivity contribution >= 4 is 46.3 Å². The predicted octanol–water partition coefficient (Wildman–Crippen LogP) is 4.75. The van der Waals surface area contributed by atoms with Crippen LogP contribution in [0.3, 0.4) is 0 Å². The Bertz CT molecular complexity index is 2020. The van der Waals surface area contributed by atoms with Crippen LogP contribution in [-0.2, 0) is 24.2 Å². The summed E-state index contributed by atoms with van der Waals surface area (Å²) in [6.07, 6.45) is 10.0. The number of hydrogen-bond donors (Lipinski definition) is 0. The van der Waals surface area contributed by atoms with Crippen LogP contribution in [0.15, 0.2) is 146 Å². The van der Waals surface area contributed by atoms with E-state index in [0.29, 0.717) is 0 Å². The molecule has 0 N–H and O–H groups in total. The van der Waals surface area contributed by atoms with Crippen LogP contribution in [-0.4, -0.2) is 3.21 Å². The fourth-order valence-electron chi connectivity index (χ4n) is 5.56. The zero-order valence-corrected chi connectivity index (χ0v) is 28.8. The predicted molar refractivity (Wildman–Crippen MR) is 179 cm³/mol. The molecule has 1 aliphatic carbocycles. The van der Waals surface area contributed by atoms with Crippen molar-refractivity contribution in [1.82, 2.24) is 0 Å². The Labute approximate surface area is 287 Å². The van der Waals surface area contributed by atoms with Gasteiger partial charge in [0.25, 0.3) is 0 Å². The number of rotatable bonds is 2. The monoisotopic (exact) mass is 684 g/mol. The first-order chi connectivity index (χ1) is 20.6. The minimum Gasteiger partial charge on any atom is -1.00 e. The van der Waals surface area contributed by atoms with Gasteiger partial charge in [0, 0.05) is 0 Å². The van der Waals surface area contributed by atoms with Crippen LogP contribution in [0.4, 0.5) is 0 Å². The topological polar surface area (TPSA) is 0 Å². The van der Waals surface area contributed by atoms with Gasteiger partial charge in [-0.15, -0.1) is 40.1 Å². The first-order valence-corrected chi connectivity index (χ1v) is 15.6. The molecule has 0 heterocycles. The number of benzene rings is 6. The van der Waals surface area contributed by atoms with Crippen LogP contribution in [0.25, 0.3) is 43.1 Å². The van der Waals surface area contributed by atoms with Crippen molar-refractivity contribution in [3.05, 3.63) is 174 Å². The van der Waals surface area contributed by atoms with E-state index >= 15 is 0 Å². The standard InChI is InChI=1S/C21H13.C15H14.C5H5.2ClH.Zr/c1-2-8-15-14(7-1)13-20-18-11-4-3-9-16(18)17-10-5-6-12-19(17)21(15)20;1-12-3-7-14(8-4-12)11-15-9-5-13(2)6-10-15;1-2-4-5-3-1;;;/h1-13H;3-10H,1-2H3;1-3H,4H2;2*1H;/q-1;;-1;;;+2/p-2. The molecule has 0 aromatic heterocycles. The van der Waals surface area contributed by atoms with Crippen molar-refractivity contribution in [3.8, 4) is 0 Å². The fourth-order valence-corrected chi connectivity index (χ4v) is 6.38. The molecule has 0 bridgehead atoms. The minimum atomic E-state index is 0. The maximum atomic E-state index is 2.99. The fraction of sp³-hybridized carbons (Fsp3) is 0.0732.